The van der Waals surface area contributed by atoms with Gasteiger partial charge in [-0.1, -0.05) is 27.5 Å². The summed E-state index contributed by atoms with van der Waals surface area (Å²) in [6.07, 6.45) is 0. The predicted octanol–water partition coefficient (Wildman–Crippen LogP) is 3.65. The normalized spacial score (nSPS) is 15.2. The van der Waals surface area contributed by atoms with E-state index in [0.717, 1.165) is 42.2 Å². The molecule has 0 aliphatic carbocycles. The van der Waals surface area contributed by atoms with Crippen LogP contribution in [0.1, 0.15) is 10.4 Å². The molecule has 0 aromatic heterocycles. The number of carbonyl (C=O) groups is 1. The van der Waals surface area contributed by atoms with Gasteiger partial charge >= 0.3 is 0 Å². The Balaban J connectivity index is 1.40. The Kier molecular flexibility index (Phi) is 6.34. The molecule has 1 N–H and O–H groups in total. The van der Waals surface area contributed by atoms with Crippen molar-refractivity contribution in [2.24, 2.45) is 0 Å². The van der Waals surface area contributed by atoms with Gasteiger partial charge in [0.05, 0.1) is 0 Å². The molecule has 2 aromatic carbocycles. The number of carbonyl (C=O) groups excluding carboxylic acids is 1. The molecule has 0 bridgehead atoms. The zero-order chi connectivity index (χ0) is 17.6. The Hall–Kier alpha value is -1.56. The molecule has 1 heterocycles. The molecule has 0 saturated carbocycles. The summed E-state index contributed by atoms with van der Waals surface area (Å²) in [5.41, 5.74) is 1.91. The highest BCUT2D eigenvalue weighted by molar-refractivity contribution is 9.10. The molecule has 1 saturated heterocycles. The fourth-order valence-corrected chi connectivity index (χ4v) is 3.30. The zero-order valence-electron chi connectivity index (χ0n) is 13.9. The number of amides is 1. The SMILES string of the molecule is O=C(NCCN1CCN(c2ccc(Cl)cc2)CC1)c1ccc(Br)cc1. The van der Waals surface area contributed by atoms with Gasteiger partial charge in [-0.05, 0) is 48.5 Å². The van der Waals surface area contributed by atoms with E-state index in [1.165, 1.54) is 5.69 Å². The van der Waals surface area contributed by atoms with Crippen molar-refractivity contribution in [2.75, 3.05) is 44.2 Å². The van der Waals surface area contributed by atoms with Crippen molar-refractivity contribution < 1.29 is 4.79 Å². The van der Waals surface area contributed by atoms with Crippen molar-refractivity contribution in [3.05, 3.63) is 63.6 Å². The number of nitrogens with one attached hydrogen (secondary N) is 1. The van der Waals surface area contributed by atoms with Crippen LogP contribution in [0.15, 0.2) is 53.0 Å². The molecule has 6 heteroatoms. The van der Waals surface area contributed by atoms with Crippen molar-refractivity contribution in [2.45, 2.75) is 0 Å². The predicted molar refractivity (Wildman–Crippen MR) is 107 cm³/mol. The highest BCUT2D eigenvalue weighted by Gasteiger charge is 2.17. The van der Waals surface area contributed by atoms with E-state index in [9.17, 15) is 4.79 Å². The lowest BCUT2D eigenvalue weighted by Crippen LogP contribution is -2.48. The number of anilines is 1. The first-order valence-corrected chi connectivity index (χ1v) is 9.55. The van der Waals surface area contributed by atoms with Gasteiger partial charge in [0.2, 0.25) is 0 Å². The first-order valence-electron chi connectivity index (χ1n) is 8.38. The third-order valence-corrected chi connectivity index (χ3v) is 5.16. The van der Waals surface area contributed by atoms with Crippen molar-refractivity contribution in [1.29, 1.82) is 0 Å². The van der Waals surface area contributed by atoms with E-state index in [1.54, 1.807) is 0 Å². The van der Waals surface area contributed by atoms with Gasteiger partial charge in [0.25, 0.3) is 5.91 Å². The summed E-state index contributed by atoms with van der Waals surface area (Å²) >= 11 is 9.32. The summed E-state index contributed by atoms with van der Waals surface area (Å²) < 4.78 is 0.975. The summed E-state index contributed by atoms with van der Waals surface area (Å²) in [4.78, 5) is 16.8. The minimum atomic E-state index is -0.0210. The van der Waals surface area contributed by atoms with Crippen LogP contribution < -0.4 is 10.2 Å². The second kappa shape index (κ2) is 8.70. The Morgan fingerprint density at radius 2 is 1.64 bits per heavy atom. The standard InChI is InChI=1S/C19H21BrClN3O/c20-16-3-1-15(2-4-16)19(25)22-9-10-23-11-13-24(14-12-23)18-7-5-17(21)6-8-18/h1-8H,9-14H2,(H,22,25). The van der Waals surface area contributed by atoms with Gasteiger partial charge in [-0.25, -0.2) is 0 Å². The average Bonchev–Trinajstić information content (AvgIpc) is 2.63. The van der Waals surface area contributed by atoms with E-state index in [-0.39, 0.29) is 5.91 Å². The van der Waals surface area contributed by atoms with E-state index in [0.29, 0.717) is 12.1 Å². The smallest absolute Gasteiger partial charge is 0.251 e. The summed E-state index contributed by atoms with van der Waals surface area (Å²) in [5.74, 6) is -0.0210. The Morgan fingerprint density at radius 1 is 1.00 bits per heavy atom. The molecule has 0 unspecified atom stereocenters. The number of hydrogen-bond acceptors (Lipinski definition) is 3. The van der Waals surface area contributed by atoms with E-state index >= 15 is 0 Å². The van der Waals surface area contributed by atoms with Crippen LogP contribution in [0.4, 0.5) is 5.69 Å². The molecular formula is C19H21BrClN3O. The largest absolute Gasteiger partial charge is 0.369 e. The summed E-state index contributed by atoms with van der Waals surface area (Å²) in [6.45, 7) is 5.50. The Labute approximate surface area is 161 Å². The van der Waals surface area contributed by atoms with Gasteiger partial charge in [0.1, 0.15) is 0 Å². The lowest BCUT2D eigenvalue weighted by Gasteiger charge is -2.36. The van der Waals surface area contributed by atoms with Crippen molar-refractivity contribution in [3.63, 3.8) is 0 Å². The number of rotatable bonds is 5. The van der Waals surface area contributed by atoms with Crippen LogP contribution in [0.3, 0.4) is 0 Å². The van der Waals surface area contributed by atoms with Crippen LogP contribution in [0.5, 0.6) is 0 Å². The van der Waals surface area contributed by atoms with Gasteiger partial charge in [-0.3, -0.25) is 9.69 Å². The lowest BCUT2D eigenvalue weighted by molar-refractivity contribution is 0.0948. The van der Waals surface area contributed by atoms with E-state index in [2.05, 4.69) is 43.2 Å². The topological polar surface area (TPSA) is 35.6 Å². The highest BCUT2D eigenvalue weighted by atomic mass is 79.9. The van der Waals surface area contributed by atoms with Crippen molar-refractivity contribution in [1.82, 2.24) is 10.2 Å². The average molecular weight is 423 g/mol. The van der Waals surface area contributed by atoms with Crippen LogP contribution >= 0.6 is 27.5 Å². The van der Waals surface area contributed by atoms with Crippen LogP contribution in [0.2, 0.25) is 5.02 Å². The van der Waals surface area contributed by atoms with Gasteiger partial charge in [-0.15, -0.1) is 0 Å². The minimum Gasteiger partial charge on any atom is -0.369 e. The monoisotopic (exact) mass is 421 g/mol. The molecule has 0 radical (unpaired) electrons. The first kappa shape index (κ1) is 18.2. The molecule has 1 aliphatic rings. The number of benzene rings is 2. The molecule has 4 nitrogen and oxygen atoms in total. The zero-order valence-corrected chi connectivity index (χ0v) is 16.3. The summed E-state index contributed by atoms with van der Waals surface area (Å²) in [6, 6.07) is 15.4. The minimum absolute atomic E-state index is 0.0210. The number of piperazine rings is 1. The van der Waals surface area contributed by atoms with Crippen LogP contribution in [-0.4, -0.2) is 50.1 Å². The van der Waals surface area contributed by atoms with Crippen molar-refractivity contribution in [3.8, 4) is 0 Å². The fourth-order valence-electron chi connectivity index (χ4n) is 2.91. The second-order valence-corrected chi connectivity index (χ2v) is 7.42. The maximum absolute atomic E-state index is 12.1. The molecular weight excluding hydrogens is 402 g/mol. The maximum atomic E-state index is 12.1. The molecule has 2 aromatic rings. The number of hydrogen-bond donors (Lipinski definition) is 1. The third-order valence-electron chi connectivity index (χ3n) is 4.38. The van der Waals surface area contributed by atoms with E-state index in [4.69, 9.17) is 11.6 Å². The molecule has 132 valence electrons. The molecule has 0 atom stereocenters. The van der Waals surface area contributed by atoms with Gasteiger partial charge < -0.3 is 10.2 Å². The lowest BCUT2D eigenvalue weighted by atomic mass is 10.2. The number of halogens is 2. The Bertz CT molecular complexity index is 698. The fraction of sp³-hybridized carbons (Fsp3) is 0.316. The second-order valence-electron chi connectivity index (χ2n) is 6.07. The summed E-state index contributed by atoms with van der Waals surface area (Å²) in [7, 11) is 0. The molecule has 3 rings (SSSR count). The molecule has 1 amide bonds. The van der Waals surface area contributed by atoms with Gasteiger partial charge in [-0.2, -0.15) is 0 Å². The number of nitrogens with zero attached hydrogens (tertiary/aromatic N) is 2. The van der Waals surface area contributed by atoms with Crippen molar-refractivity contribution >= 4 is 39.1 Å². The maximum Gasteiger partial charge on any atom is 0.251 e. The third kappa shape index (κ3) is 5.21. The summed E-state index contributed by atoms with van der Waals surface area (Å²) in [5, 5.41) is 3.76. The molecule has 1 fully saturated rings. The molecule has 1 aliphatic heterocycles. The van der Waals surface area contributed by atoms with Crippen LogP contribution in [-0.2, 0) is 0 Å². The van der Waals surface area contributed by atoms with Crippen LogP contribution in [0, 0.1) is 0 Å². The van der Waals surface area contributed by atoms with Gasteiger partial charge in [0.15, 0.2) is 0 Å². The Morgan fingerprint density at radius 3 is 2.28 bits per heavy atom. The van der Waals surface area contributed by atoms with E-state index in [1.807, 2.05) is 36.4 Å². The van der Waals surface area contributed by atoms with Crippen LogP contribution in [0.25, 0.3) is 0 Å². The quantitative estimate of drug-likeness (QED) is 0.799. The van der Waals surface area contributed by atoms with E-state index < -0.39 is 0 Å². The molecule has 0 spiro atoms. The molecule has 25 heavy (non-hydrogen) atoms. The highest BCUT2D eigenvalue weighted by Crippen LogP contribution is 2.19. The van der Waals surface area contributed by atoms with Gasteiger partial charge in [0, 0.05) is 60.0 Å². The first-order chi connectivity index (χ1) is 12.1.